The number of carbonyl (C=O) groups excluding carboxylic acids is 1. The maximum absolute atomic E-state index is 12.6. The Kier molecular flexibility index (Phi) is 7.17. The predicted molar refractivity (Wildman–Crippen MR) is 104 cm³/mol. The molecule has 2 atom stereocenters. The number of carbonyl (C=O) groups is 1. The van der Waals surface area contributed by atoms with Crippen LogP contribution < -0.4 is 14.4 Å². The summed E-state index contributed by atoms with van der Waals surface area (Å²) >= 11 is 5.98. The topological polar surface area (TPSA) is 75.7 Å². The second-order valence-electron chi connectivity index (χ2n) is 6.67. The van der Waals surface area contributed by atoms with Crippen molar-refractivity contribution >= 4 is 33.2 Å². The Balaban J connectivity index is 2.11. The van der Waals surface area contributed by atoms with Gasteiger partial charge in [0.15, 0.2) is 6.10 Å². The molecule has 0 aromatic heterocycles. The Morgan fingerprint density at radius 3 is 2.77 bits per heavy atom. The molecule has 1 aliphatic heterocycles. The van der Waals surface area contributed by atoms with E-state index in [-0.39, 0.29) is 12.5 Å². The van der Waals surface area contributed by atoms with Gasteiger partial charge in [-0.2, -0.15) is 0 Å². The van der Waals surface area contributed by atoms with Crippen LogP contribution in [0.3, 0.4) is 0 Å². The molecular formula is C18H27ClN2O4S. The van der Waals surface area contributed by atoms with E-state index in [0.29, 0.717) is 28.9 Å². The first-order valence-electron chi connectivity index (χ1n) is 8.97. The molecule has 0 spiro atoms. The minimum absolute atomic E-state index is 0.0657. The quantitative estimate of drug-likeness (QED) is 0.724. The third-order valence-corrected chi connectivity index (χ3v) is 5.97. The zero-order valence-electron chi connectivity index (χ0n) is 15.5. The molecule has 2 rings (SSSR count). The highest BCUT2D eigenvalue weighted by Gasteiger charge is 2.35. The van der Waals surface area contributed by atoms with Crippen LogP contribution in [-0.2, 0) is 14.8 Å². The van der Waals surface area contributed by atoms with E-state index in [4.69, 9.17) is 16.3 Å². The second-order valence-corrected chi connectivity index (χ2v) is 9.02. The van der Waals surface area contributed by atoms with Gasteiger partial charge in [-0.3, -0.25) is 9.10 Å². The molecule has 0 unspecified atom stereocenters. The van der Waals surface area contributed by atoms with Gasteiger partial charge in [-0.25, -0.2) is 8.42 Å². The molecule has 1 heterocycles. The normalized spacial score (nSPS) is 18.0. The molecule has 0 bridgehead atoms. The van der Waals surface area contributed by atoms with E-state index in [1.54, 1.807) is 12.1 Å². The average molecular weight is 403 g/mol. The Bertz CT molecular complexity index is 739. The van der Waals surface area contributed by atoms with Crippen molar-refractivity contribution in [3.8, 4) is 5.75 Å². The monoisotopic (exact) mass is 402 g/mol. The van der Waals surface area contributed by atoms with Crippen molar-refractivity contribution in [2.45, 2.75) is 45.6 Å². The highest BCUT2D eigenvalue weighted by Crippen LogP contribution is 2.37. The number of halogens is 1. The zero-order valence-corrected chi connectivity index (χ0v) is 17.1. The first kappa shape index (κ1) is 20.8. The van der Waals surface area contributed by atoms with Gasteiger partial charge in [-0.05, 0) is 30.5 Å². The molecule has 1 aliphatic rings. The number of benzene rings is 1. The molecule has 26 heavy (non-hydrogen) atoms. The molecule has 0 fully saturated rings. The third kappa shape index (κ3) is 5.27. The number of sulfonamides is 1. The highest BCUT2D eigenvalue weighted by atomic mass is 35.5. The van der Waals surface area contributed by atoms with Crippen molar-refractivity contribution in [3.05, 3.63) is 23.2 Å². The van der Waals surface area contributed by atoms with Crippen LogP contribution in [0.1, 0.15) is 39.5 Å². The summed E-state index contributed by atoms with van der Waals surface area (Å²) in [7, 11) is -3.56. The standard InChI is InChI=1S/C18H27ClN2O4S/c1-4-6-7-13(5-2)11-20-18(22)17-12-21(26(3,23)24)15-10-14(19)8-9-16(15)25-17/h8-10,13,17H,4-7,11-12H2,1-3H3,(H,20,22)/t13-,17+/m0/s1. The van der Waals surface area contributed by atoms with Crippen LogP contribution in [0.25, 0.3) is 0 Å². The van der Waals surface area contributed by atoms with Gasteiger partial charge in [0.25, 0.3) is 5.91 Å². The smallest absolute Gasteiger partial charge is 0.263 e. The van der Waals surface area contributed by atoms with E-state index in [1.165, 1.54) is 10.4 Å². The summed E-state index contributed by atoms with van der Waals surface area (Å²) in [4.78, 5) is 12.6. The van der Waals surface area contributed by atoms with E-state index in [1.807, 2.05) is 0 Å². The molecule has 6 nitrogen and oxygen atoms in total. The van der Waals surface area contributed by atoms with Gasteiger partial charge in [0.05, 0.1) is 18.5 Å². The molecule has 0 saturated heterocycles. The lowest BCUT2D eigenvalue weighted by Crippen LogP contribution is -2.51. The fourth-order valence-corrected chi connectivity index (χ4v) is 4.05. The first-order valence-corrected chi connectivity index (χ1v) is 11.2. The van der Waals surface area contributed by atoms with Crippen LogP contribution in [0, 0.1) is 5.92 Å². The van der Waals surface area contributed by atoms with Crippen LogP contribution >= 0.6 is 11.6 Å². The van der Waals surface area contributed by atoms with Crippen molar-refractivity contribution in [3.63, 3.8) is 0 Å². The Hall–Kier alpha value is -1.47. The van der Waals surface area contributed by atoms with Gasteiger partial charge < -0.3 is 10.1 Å². The molecular weight excluding hydrogens is 376 g/mol. The van der Waals surface area contributed by atoms with E-state index in [2.05, 4.69) is 19.2 Å². The van der Waals surface area contributed by atoms with Gasteiger partial charge in [0.1, 0.15) is 5.75 Å². The fraction of sp³-hybridized carbons (Fsp3) is 0.611. The molecule has 146 valence electrons. The second kappa shape index (κ2) is 8.95. The van der Waals surface area contributed by atoms with E-state index in [9.17, 15) is 13.2 Å². The number of anilines is 1. The summed E-state index contributed by atoms with van der Waals surface area (Å²) in [6.07, 6.45) is 4.53. The maximum Gasteiger partial charge on any atom is 0.263 e. The van der Waals surface area contributed by atoms with Crippen LogP contribution in [0.5, 0.6) is 5.75 Å². The number of nitrogens with zero attached hydrogens (tertiary/aromatic N) is 1. The minimum atomic E-state index is -3.56. The number of hydrogen-bond acceptors (Lipinski definition) is 4. The fourth-order valence-electron chi connectivity index (χ4n) is 2.98. The summed E-state index contributed by atoms with van der Waals surface area (Å²) in [6, 6.07) is 4.73. The number of fused-ring (bicyclic) bond motifs is 1. The zero-order chi connectivity index (χ0) is 19.3. The Labute approximate surface area is 160 Å². The van der Waals surface area contributed by atoms with E-state index in [0.717, 1.165) is 31.9 Å². The predicted octanol–water partition coefficient (Wildman–Crippen LogP) is 3.20. The van der Waals surface area contributed by atoms with Gasteiger partial charge in [0, 0.05) is 11.6 Å². The molecule has 8 heteroatoms. The Morgan fingerprint density at radius 2 is 2.15 bits per heavy atom. The van der Waals surface area contributed by atoms with Crippen LogP contribution in [-0.4, -0.2) is 39.8 Å². The van der Waals surface area contributed by atoms with E-state index >= 15 is 0 Å². The maximum atomic E-state index is 12.6. The van der Waals surface area contributed by atoms with Gasteiger partial charge in [-0.15, -0.1) is 0 Å². The largest absolute Gasteiger partial charge is 0.476 e. The van der Waals surface area contributed by atoms with Crippen LogP contribution in [0.15, 0.2) is 18.2 Å². The third-order valence-electron chi connectivity index (χ3n) is 4.59. The van der Waals surface area contributed by atoms with Crippen molar-refractivity contribution in [1.29, 1.82) is 0 Å². The van der Waals surface area contributed by atoms with Crippen molar-refractivity contribution in [2.24, 2.45) is 5.92 Å². The van der Waals surface area contributed by atoms with Crippen molar-refractivity contribution < 1.29 is 17.9 Å². The minimum Gasteiger partial charge on any atom is -0.476 e. The number of rotatable bonds is 8. The SMILES string of the molecule is CCCC[C@H](CC)CNC(=O)[C@H]1CN(S(C)(=O)=O)c2cc(Cl)ccc2O1. The number of unbranched alkanes of at least 4 members (excludes halogenated alkanes) is 1. The van der Waals surface area contributed by atoms with E-state index < -0.39 is 16.1 Å². The molecule has 0 radical (unpaired) electrons. The molecule has 1 amide bonds. The lowest BCUT2D eigenvalue weighted by Gasteiger charge is -2.34. The van der Waals surface area contributed by atoms with Gasteiger partial charge in [-0.1, -0.05) is 44.7 Å². The van der Waals surface area contributed by atoms with Crippen LogP contribution in [0.2, 0.25) is 5.02 Å². The van der Waals surface area contributed by atoms with Crippen LogP contribution in [0.4, 0.5) is 5.69 Å². The van der Waals surface area contributed by atoms with Crippen molar-refractivity contribution in [1.82, 2.24) is 5.32 Å². The summed E-state index contributed by atoms with van der Waals surface area (Å²) in [6.45, 7) is 4.75. The number of nitrogens with one attached hydrogen (secondary N) is 1. The number of amides is 1. The number of hydrogen-bond donors (Lipinski definition) is 1. The molecule has 1 aromatic carbocycles. The molecule has 1 N–H and O–H groups in total. The lowest BCUT2D eigenvalue weighted by molar-refractivity contribution is -0.127. The summed E-state index contributed by atoms with van der Waals surface area (Å²) < 4.78 is 31.2. The summed E-state index contributed by atoms with van der Waals surface area (Å²) in [5, 5.41) is 3.32. The molecule has 0 aliphatic carbocycles. The van der Waals surface area contributed by atoms with Crippen molar-refractivity contribution in [2.75, 3.05) is 23.7 Å². The molecule has 1 aromatic rings. The first-order chi connectivity index (χ1) is 12.3. The Morgan fingerprint density at radius 1 is 1.42 bits per heavy atom. The molecule has 0 saturated carbocycles. The summed E-state index contributed by atoms with van der Waals surface area (Å²) in [5.74, 6) is 0.457. The summed E-state index contributed by atoms with van der Waals surface area (Å²) in [5.41, 5.74) is 0.360. The van der Waals surface area contributed by atoms with Gasteiger partial charge >= 0.3 is 0 Å². The average Bonchev–Trinajstić information content (AvgIpc) is 2.59. The highest BCUT2D eigenvalue weighted by molar-refractivity contribution is 7.92. The van der Waals surface area contributed by atoms with Gasteiger partial charge in [0.2, 0.25) is 10.0 Å². The lowest BCUT2D eigenvalue weighted by atomic mass is 9.99. The number of ether oxygens (including phenoxy) is 1.